The lowest BCUT2D eigenvalue weighted by Gasteiger charge is -2.32. The third-order valence-corrected chi connectivity index (χ3v) is 4.58. The first-order valence-corrected chi connectivity index (χ1v) is 6.59. The van der Waals surface area contributed by atoms with Crippen LogP contribution in [0.1, 0.15) is 52.4 Å². The van der Waals surface area contributed by atoms with Gasteiger partial charge < -0.3 is 10.1 Å². The molecule has 1 saturated carbocycles. The fourth-order valence-corrected chi connectivity index (χ4v) is 3.11. The number of hydrogen-bond donors (Lipinski definition) is 1. The molecule has 88 valence electrons. The first-order valence-electron chi connectivity index (χ1n) is 6.59. The van der Waals surface area contributed by atoms with Crippen LogP contribution in [0.2, 0.25) is 0 Å². The summed E-state index contributed by atoms with van der Waals surface area (Å²) < 4.78 is 6.26. The summed E-state index contributed by atoms with van der Waals surface area (Å²) in [4.78, 5) is 0. The van der Waals surface area contributed by atoms with Gasteiger partial charge in [-0.15, -0.1) is 0 Å². The minimum absolute atomic E-state index is 0.117. The second-order valence-electron chi connectivity index (χ2n) is 5.49. The summed E-state index contributed by atoms with van der Waals surface area (Å²) >= 11 is 0. The molecule has 2 aliphatic rings. The Hall–Kier alpha value is -0.0800. The Kier molecular flexibility index (Phi) is 3.36. The molecule has 1 N–H and O–H groups in total. The van der Waals surface area contributed by atoms with Crippen molar-refractivity contribution in [1.29, 1.82) is 0 Å². The molecule has 0 aromatic rings. The average molecular weight is 211 g/mol. The van der Waals surface area contributed by atoms with Crippen molar-refractivity contribution in [3.05, 3.63) is 0 Å². The number of ether oxygens (including phenoxy) is 1. The highest BCUT2D eigenvalue weighted by atomic mass is 16.5. The molecule has 0 unspecified atom stereocenters. The molecule has 1 saturated heterocycles. The standard InChI is InChI=1S/C13H25NO/c1-3-13(4-2)10-14-9-12(11-15-13)7-5-6-8-12/h14H,3-11H2,1-2H3. The van der Waals surface area contributed by atoms with Crippen molar-refractivity contribution in [3.63, 3.8) is 0 Å². The smallest absolute Gasteiger partial charge is 0.0801 e. The molecule has 0 radical (unpaired) electrons. The van der Waals surface area contributed by atoms with Crippen LogP contribution in [-0.4, -0.2) is 25.3 Å². The molecule has 0 aromatic carbocycles. The van der Waals surface area contributed by atoms with Crippen molar-refractivity contribution in [1.82, 2.24) is 5.32 Å². The Morgan fingerprint density at radius 1 is 1.07 bits per heavy atom. The van der Waals surface area contributed by atoms with Crippen LogP contribution in [0.15, 0.2) is 0 Å². The Labute approximate surface area is 93.8 Å². The minimum atomic E-state index is 0.117. The highest BCUT2D eigenvalue weighted by Gasteiger charge is 2.40. The van der Waals surface area contributed by atoms with E-state index in [0.29, 0.717) is 5.41 Å². The van der Waals surface area contributed by atoms with Gasteiger partial charge in [0, 0.05) is 18.5 Å². The van der Waals surface area contributed by atoms with E-state index >= 15 is 0 Å². The van der Waals surface area contributed by atoms with Crippen LogP contribution >= 0.6 is 0 Å². The third-order valence-electron chi connectivity index (χ3n) is 4.58. The molecule has 0 bridgehead atoms. The van der Waals surface area contributed by atoms with Gasteiger partial charge in [-0.2, -0.15) is 0 Å². The van der Waals surface area contributed by atoms with E-state index in [1.807, 2.05) is 0 Å². The molecule has 1 aliphatic carbocycles. The topological polar surface area (TPSA) is 21.3 Å². The fourth-order valence-electron chi connectivity index (χ4n) is 3.11. The summed E-state index contributed by atoms with van der Waals surface area (Å²) in [5.74, 6) is 0. The van der Waals surface area contributed by atoms with Crippen molar-refractivity contribution >= 4 is 0 Å². The largest absolute Gasteiger partial charge is 0.373 e. The van der Waals surface area contributed by atoms with Crippen LogP contribution in [0, 0.1) is 5.41 Å². The van der Waals surface area contributed by atoms with Gasteiger partial charge in [-0.25, -0.2) is 0 Å². The Bertz CT molecular complexity index is 199. The predicted octanol–water partition coefficient (Wildman–Crippen LogP) is 2.73. The maximum Gasteiger partial charge on any atom is 0.0801 e. The van der Waals surface area contributed by atoms with E-state index in [-0.39, 0.29) is 5.60 Å². The molecule has 2 nitrogen and oxygen atoms in total. The van der Waals surface area contributed by atoms with Gasteiger partial charge in [0.2, 0.25) is 0 Å². The predicted molar refractivity (Wildman–Crippen MR) is 63.0 cm³/mol. The SMILES string of the molecule is CCC1(CC)CNCC2(CCCC2)CO1. The van der Waals surface area contributed by atoms with Crippen molar-refractivity contribution in [3.8, 4) is 0 Å². The normalized spacial score (nSPS) is 29.2. The third kappa shape index (κ3) is 2.21. The van der Waals surface area contributed by atoms with Crippen LogP contribution in [0.4, 0.5) is 0 Å². The van der Waals surface area contributed by atoms with Gasteiger partial charge >= 0.3 is 0 Å². The second-order valence-corrected chi connectivity index (χ2v) is 5.49. The van der Waals surface area contributed by atoms with Crippen LogP contribution in [0.25, 0.3) is 0 Å². The maximum atomic E-state index is 6.26. The van der Waals surface area contributed by atoms with Gasteiger partial charge in [-0.1, -0.05) is 26.7 Å². The molecule has 0 aromatic heterocycles. The van der Waals surface area contributed by atoms with Gasteiger partial charge in [0.05, 0.1) is 12.2 Å². The molecular formula is C13H25NO. The zero-order chi connectivity index (χ0) is 10.8. The van der Waals surface area contributed by atoms with Crippen LogP contribution in [0.5, 0.6) is 0 Å². The molecule has 2 fully saturated rings. The van der Waals surface area contributed by atoms with Gasteiger partial charge in [-0.05, 0) is 25.7 Å². The summed E-state index contributed by atoms with van der Waals surface area (Å²) in [7, 11) is 0. The van der Waals surface area contributed by atoms with E-state index in [1.54, 1.807) is 0 Å². The monoisotopic (exact) mass is 211 g/mol. The number of hydrogen-bond acceptors (Lipinski definition) is 2. The lowest BCUT2D eigenvalue weighted by atomic mass is 9.87. The van der Waals surface area contributed by atoms with Gasteiger partial charge in [0.25, 0.3) is 0 Å². The first-order chi connectivity index (χ1) is 7.24. The zero-order valence-electron chi connectivity index (χ0n) is 10.3. The Morgan fingerprint density at radius 3 is 2.33 bits per heavy atom. The lowest BCUT2D eigenvalue weighted by molar-refractivity contribution is -0.0667. The summed E-state index contributed by atoms with van der Waals surface area (Å²) in [5, 5.41) is 3.65. The van der Waals surface area contributed by atoms with Crippen molar-refractivity contribution in [2.75, 3.05) is 19.7 Å². The number of nitrogens with one attached hydrogen (secondary N) is 1. The van der Waals surface area contributed by atoms with E-state index in [4.69, 9.17) is 4.74 Å². The van der Waals surface area contributed by atoms with Crippen molar-refractivity contribution < 1.29 is 4.74 Å². The molecule has 1 aliphatic heterocycles. The maximum absolute atomic E-state index is 6.26. The van der Waals surface area contributed by atoms with Crippen LogP contribution in [0.3, 0.4) is 0 Å². The average Bonchev–Trinajstić information content (AvgIpc) is 2.64. The van der Waals surface area contributed by atoms with Crippen molar-refractivity contribution in [2.24, 2.45) is 5.41 Å². The molecule has 1 spiro atoms. The zero-order valence-corrected chi connectivity index (χ0v) is 10.3. The van der Waals surface area contributed by atoms with Gasteiger partial charge in [0.15, 0.2) is 0 Å². The lowest BCUT2D eigenvalue weighted by Crippen LogP contribution is -2.40. The van der Waals surface area contributed by atoms with E-state index in [2.05, 4.69) is 19.2 Å². The molecule has 0 atom stereocenters. The molecule has 1 heterocycles. The molecule has 0 amide bonds. The second kappa shape index (κ2) is 4.42. The van der Waals surface area contributed by atoms with Crippen LogP contribution in [-0.2, 0) is 4.74 Å². The molecular weight excluding hydrogens is 186 g/mol. The molecule has 2 heteroatoms. The summed E-state index contributed by atoms with van der Waals surface area (Å²) in [5.41, 5.74) is 0.595. The number of rotatable bonds is 2. The first kappa shape index (κ1) is 11.4. The van der Waals surface area contributed by atoms with Gasteiger partial charge in [0.1, 0.15) is 0 Å². The van der Waals surface area contributed by atoms with E-state index < -0.39 is 0 Å². The summed E-state index contributed by atoms with van der Waals surface area (Å²) in [6, 6.07) is 0. The quantitative estimate of drug-likeness (QED) is 0.758. The Morgan fingerprint density at radius 2 is 1.73 bits per heavy atom. The molecule has 2 rings (SSSR count). The van der Waals surface area contributed by atoms with E-state index in [0.717, 1.165) is 26.0 Å². The highest BCUT2D eigenvalue weighted by molar-refractivity contribution is 4.93. The minimum Gasteiger partial charge on any atom is -0.373 e. The van der Waals surface area contributed by atoms with Crippen LogP contribution < -0.4 is 5.32 Å². The summed E-state index contributed by atoms with van der Waals surface area (Å²) in [6.45, 7) is 7.70. The Balaban J connectivity index is 2.02. The summed E-state index contributed by atoms with van der Waals surface area (Å²) in [6.07, 6.45) is 7.79. The van der Waals surface area contributed by atoms with E-state index in [9.17, 15) is 0 Å². The van der Waals surface area contributed by atoms with Gasteiger partial charge in [-0.3, -0.25) is 0 Å². The van der Waals surface area contributed by atoms with Crippen molar-refractivity contribution in [2.45, 2.75) is 58.0 Å². The highest BCUT2D eigenvalue weighted by Crippen LogP contribution is 2.40. The molecule has 15 heavy (non-hydrogen) atoms. The fraction of sp³-hybridized carbons (Fsp3) is 1.00. The van der Waals surface area contributed by atoms with E-state index in [1.165, 1.54) is 32.2 Å².